The number of rotatable bonds is 3. The van der Waals surface area contributed by atoms with Gasteiger partial charge < -0.3 is 9.84 Å². The second-order valence-corrected chi connectivity index (χ2v) is 1.79. The molecule has 0 bridgehead atoms. The van der Waals surface area contributed by atoms with Crippen molar-refractivity contribution in [3.63, 3.8) is 0 Å². The van der Waals surface area contributed by atoms with Gasteiger partial charge in [-0.3, -0.25) is 4.79 Å². The van der Waals surface area contributed by atoms with Crippen LogP contribution in [0.5, 0.6) is 0 Å². The number of allylic oxidation sites excluding steroid dienone is 3. The first kappa shape index (κ1) is 8.75. The molecule has 3 heteroatoms. The average Bonchev–Trinajstić information content (AvgIpc) is 1.85. The highest BCUT2D eigenvalue weighted by atomic mass is 16.5. The van der Waals surface area contributed by atoms with Crippen molar-refractivity contribution >= 4 is 6.29 Å². The van der Waals surface area contributed by atoms with Crippen LogP contribution in [0.3, 0.4) is 0 Å². The molecule has 1 N–H and O–H groups in total. The molecule has 0 heterocycles. The number of hydrogen-bond donors (Lipinski definition) is 1. The number of aliphatic hydroxyl groups excluding tert-OH is 1. The van der Waals surface area contributed by atoms with Crippen LogP contribution in [0.4, 0.5) is 0 Å². The monoisotopic (exact) mass is 142 g/mol. The SMILES string of the molecule is CC(=CC=O)O/C=C(\C)O. The average molecular weight is 142 g/mol. The van der Waals surface area contributed by atoms with Crippen LogP contribution in [0.25, 0.3) is 0 Å². The summed E-state index contributed by atoms with van der Waals surface area (Å²) in [5, 5.41) is 8.59. The van der Waals surface area contributed by atoms with E-state index in [1.165, 1.54) is 13.0 Å². The Morgan fingerprint density at radius 2 is 2.10 bits per heavy atom. The van der Waals surface area contributed by atoms with Crippen LogP contribution < -0.4 is 0 Å². The summed E-state index contributed by atoms with van der Waals surface area (Å²) in [6.45, 7) is 3.10. The Balaban J connectivity index is 3.80. The van der Waals surface area contributed by atoms with Gasteiger partial charge in [0.15, 0.2) is 0 Å². The number of ether oxygens (including phenoxy) is 1. The minimum Gasteiger partial charge on any atom is -0.509 e. The quantitative estimate of drug-likeness (QED) is 0.369. The van der Waals surface area contributed by atoms with E-state index in [9.17, 15) is 4.79 Å². The van der Waals surface area contributed by atoms with Crippen molar-refractivity contribution in [2.24, 2.45) is 0 Å². The van der Waals surface area contributed by atoms with Crippen LogP contribution in [0.2, 0.25) is 0 Å². The lowest BCUT2D eigenvalue weighted by Gasteiger charge is -1.96. The molecule has 3 nitrogen and oxygen atoms in total. The molecule has 0 fully saturated rings. The highest BCUT2D eigenvalue weighted by molar-refractivity contribution is 5.65. The van der Waals surface area contributed by atoms with Gasteiger partial charge in [-0.05, 0) is 13.8 Å². The summed E-state index contributed by atoms with van der Waals surface area (Å²) < 4.78 is 4.76. The molecule has 0 saturated carbocycles. The van der Waals surface area contributed by atoms with E-state index in [0.717, 1.165) is 6.26 Å². The van der Waals surface area contributed by atoms with Crippen molar-refractivity contribution < 1.29 is 14.6 Å². The standard InChI is InChI=1S/C7H10O3/c1-6(9)5-10-7(2)3-4-8/h3-5,9H,1-2H3/b6-5+,7-3?. The number of hydrogen-bond acceptors (Lipinski definition) is 3. The Morgan fingerprint density at radius 3 is 2.50 bits per heavy atom. The van der Waals surface area contributed by atoms with Crippen molar-refractivity contribution in [2.45, 2.75) is 13.8 Å². The Bertz CT molecular complexity index is 164. The summed E-state index contributed by atoms with van der Waals surface area (Å²) in [6.07, 6.45) is 3.05. The molecule has 0 saturated heterocycles. The molecule has 10 heavy (non-hydrogen) atoms. The fourth-order valence-electron chi connectivity index (χ4n) is 0.313. The predicted octanol–water partition coefficient (Wildman–Crippen LogP) is 1.53. The van der Waals surface area contributed by atoms with E-state index in [2.05, 4.69) is 0 Å². The van der Waals surface area contributed by atoms with E-state index >= 15 is 0 Å². The summed E-state index contributed by atoms with van der Waals surface area (Å²) >= 11 is 0. The first-order valence-corrected chi connectivity index (χ1v) is 2.81. The zero-order valence-electron chi connectivity index (χ0n) is 6.00. The summed E-state index contributed by atoms with van der Waals surface area (Å²) in [4.78, 5) is 9.82. The summed E-state index contributed by atoms with van der Waals surface area (Å²) in [5.41, 5.74) is 0. The van der Waals surface area contributed by atoms with E-state index in [4.69, 9.17) is 9.84 Å². The molecule has 0 aliphatic carbocycles. The molecule has 0 aliphatic rings. The van der Waals surface area contributed by atoms with Gasteiger partial charge in [0.1, 0.15) is 24.1 Å². The zero-order valence-corrected chi connectivity index (χ0v) is 6.00. The third-order valence-corrected chi connectivity index (χ3v) is 0.718. The molecule has 0 aliphatic heterocycles. The molecule has 0 aromatic rings. The molecule has 0 atom stereocenters. The number of aldehydes is 1. The van der Waals surface area contributed by atoms with Crippen molar-refractivity contribution in [1.29, 1.82) is 0 Å². The van der Waals surface area contributed by atoms with Crippen molar-refractivity contribution in [3.8, 4) is 0 Å². The first-order valence-electron chi connectivity index (χ1n) is 2.81. The fourth-order valence-corrected chi connectivity index (χ4v) is 0.313. The first-order chi connectivity index (χ1) is 4.66. The van der Waals surface area contributed by atoms with Gasteiger partial charge in [0, 0.05) is 6.08 Å². The topological polar surface area (TPSA) is 46.5 Å². The molecule has 56 valence electrons. The second kappa shape index (κ2) is 4.61. The van der Waals surface area contributed by atoms with Gasteiger partial charge in [0.05, 0.1) is 0 Å². The minimum atomic E-state index is 0.0682. The van der Waals surface area contributed by atoms with Gasteiger partial charge >= 0.3 is 0 Å². The molecular formula is C7H10O3. The van der Waals surface area contributed by atoms with Crippen LogP contribution in [-0.4, -0.2) is 11.4 Å². The lowest BCUT2D eigenvalue weighted by atomic mass is 10.5. The molecule has 0 aromatic heterocycles. The van der Waals surface area contributed by atoms with E-state index in [1.807, 2.05) is 0 Å². The highest BCUT2D eigenvalue weighted by Gasteiger charge is 1.84. The van der Waals surface area contributed by atoms with Gasteiger partial charge in [0.25, 0.3) is 0 Å². The number of carbonyl (C=O) groups is 1. The van der Waals surface area contributed by atoms with Crippen LogP contribution in [0, 0.1) is 0 Å². The maximum atomic E-state index is 9.82. The van der Waals surface area contributed by atoms with Crippen molar-refractivity contribution in [3.05, 3.63) is 23.9 Å². The van der Waals surface area contributed by atoms with E-state index in [1.54, 1.807) is 6.92 Å². The molecule has 0 radical (unpaired) electrons. The third-order valence-electron chi connectivity index (χ3n) is 0.718. The third kappa shape index (κ3) is 4.90. The van der Waals surface area contributed by atoms with Crippen molar-refractivity contribution in [2.75, 3.05) is 0 Å². The molecule has 0 rings (SSSR count). The van der Waals surface area contributed by atoms with Crippen molar-refractivity contribution in [1.82, 2.24) is 0 Å². The van der Waals surface area contributed by atoms with Gasteiger partial charge in [-0.15, -0.1) is 0 Å². The second-order valence-electron chi connectivity index (χ2n) is 1.79. The van der Waals surface area contributed by atoms with E-state index in [-0.39, 0.29) is 5.76 Å². The predicted molar refractivity (Wildman–Crippen MR) is 37.3 cm³/mol. The Labute approximate surface area is 59.6 Å². The van der Waals surface area contributed by atoms with Gasteiger partial charge in [-0.25, -0.2) is 0 Å². The molecular weight excluding hydrogens is 132 g/mol. The molecule has 0 aromatic carbocycles. The summed E-state index contributed by atoms with van der Waals surface area (Å²) in [5.74, 6) is 0.516. The van der Waals surface area contributed by atoms with E-state index in [0.29, 0.717) is 12.0 Å². The lowest BCUT2D eigenvalue weighted by Crippen LogP contribution is -1.81. The summed E-state index contributed by atoms with van der Waals surface area (Å²) in [7, 11) is 0. The fraction of sp³-hybridized carbons (Fsp3) is 0.286. The van der Waals surface area contributed by atoms with Gasteiger partial charge in [-0.1, -0.05) is 0 Å². The van der Waals surface area contributed by atoms with Crippen LogP contribution in [-0.2, 0) is 9.53 Å². The van der Waals surface area contributed by atoms with Crippen LogP contribution in [0.15, 0.2) is 23.9 Å². The number of aliphatic hydroxyl groups is 1. The highest BCUT2D eigenvalue weighted by Crippen LogP contribution is 1.96. The minimum absolute atomic E-state index is 0.0682. The molecule has 0 unspecified atom stereocenters. The molecule has 0 spiro atoms. The Kier molecular flexibility index (Phi) is 4.04. The zero-order chi connectivity index (χ0) is 7.98. The lowest BCUT2D eigenvalue weighted by molar-refractivity contribution is -0.104. The van der Waals surface area contributed by atoms with Gasteiger partial charge in [-0.2, -0.15) is 0 Å². The van der Waals surface area contributed by atoms with Crippen LogP contribution >= 0.6 is 0 Å². The van der Waals surface area contributed by atoms with E-state index < -0.39 is 0 Å². The maximum absolute atomic E-state index is 9.82. The normalized spacial score (nSPS) is 13.0. The maximum Gasteiger partial charge on any atom is 0.146 e. The van der Waals surface area contributed by atoms with Gasteiger partial charge in [0.2, 0.25) is 0 Å². The summed E-state index contributed by atoms with van der Waals surface area (Å²) in [6, 6.07) is 0. The smallest absolute Gasteiger partial charge is 0.146 e. The number of carbonyl (C=O) groups excluding carboxylic acids is 1. The Morgan fingerprint density at radius 1 is 1.50 bits per heavy atom. The Hall–Kier alpha value is -1.25. The molecule has 0 amide bonds. The largest absolute Gasteiger partial charge is 0.509 e. The van der Waals surface area contributed by atoms with Crippen LogP contribution in [0.1, 0.15) is 13.8 Å².